The van der Waals surface area contributed by atoms with E-state index in [0.717, 1.165) is 33.6 Å². The molecule has 0 saturated carbocycles. The summed E-state index contributed by atoms with van der Waals surface area (Å²) in [5.74, 6) is 0. The fraction of sp³-hybridized carbons (Fsp3) is 0.333. The normalized spacial score (nSPS) is 12.6. The largest absolute Gasteiger partial charge is 0.327 e. The second-order valence-corrected chi connectivity index (χ2v) is 6.02. The maximum atomic E-state index is 6.12. The molecule has 0 bridgehead atoms. The van der Waals surface area contributed by atoms with E-state index in [-0.39, 0.29) is 6.04 Å². The van der Waals surface area contributed by atoms with Gasteiger partial charge < -0.3 is 5.73 Å². The fourth-order valence-electron chi connectivity index (χ4n) is 1.71. The molecule has 90 valence electrons. The predicted octanol–water partition coefficient (Wildman–Crippen LogP) is 2.72. The highest BCUT2D eigenvalue weighted by molar-refractivity contribution is 9.10. The lowest BCUT2D eigenvalue weighted by Crippen LogP contribution is -2.25. The molecule has 1 unspecified atom stereocenters. The summed E-state index contributed by atoms with van der Waals surface area (Å²) in [5.41, 5.74) is 8.36. The van der Waals surface area contributed by atoms with Crippen LogP contribution in [0, 0.1) is 6.92 Å². The van der Waals surface area contributed by atoms with Crippen molar-refractivity contribution < 1.29 is 0 Å². The summed E-state index contributed by atoms with van der Waals surface area (Å²) in [7, 11) is 0. The molecule has 2 rings (SSSR count). The summed E-state index contributed by atoms with van der Waals surface area (Å²) >= 11 is 5.08. The van der Waals surface area contributed by atoms with Gasteiger partial charge in [0.25, 0.3) is 0 Å². The zero-order chi connectivity index (χ0) is 12.3. The van der Waals surface area contributed by atoms with Crippen LogP contribution in [0.25, 0.3) is 0 Å². The van der Waals surface area contributed by atoms with Gasteiger partial charge in [-0.2, -0.15) is 0 Å². The van der Waals surface area contributed by atoms with Gasteiger partial charge in [-0.3, -0.25) is 4.98 Å². The standard InChI is InChI=1S/C12H14BrN3S/c1-8-16-12(7-17-8)4-11(14)3-9-2-10(13)6-15-5-9/h2,5-7,11H,3-4,14H2,1H3. The van der Waals surface area contributed by atoms with Crippen molar-refractivity contribution in [2.24, 2.45) is 5.73 Å². The molecule has 5 heteroatoms. The van der Waals surface area contributed by atoms with E-state index < -0.39 is 0 Å². The Morgan fingerprint density at radius 3 is 2.88 bits per heavy atom. The van der Waals surface area contributed by atoms with Gasteiger partial charge in [0.05, 0.1) is 10.7 Å². The molecule has 2 aromatic rings. The summed E-state index contributed by atoms with van der Waals surface area (Å²) in [5, 5.41) is 3.17. The van der Waals surface area contributed by atoms with Crippen molar-refractivity contribution in [3.05, 3.63) is 44.6 Å². The Morgan fingerprint density at radius 2 is 2.24 bits per heavy atom. The summed E-state index contributed by atoms with van der Waals surface area (Å²) in [6, 6.07) is 2.15. The third-order valence-corrected chi connectivity index (χ3v) is 3.65. The SMILES string of the molecule is Cc1nc(CC(N)Cc2cncc(Br)c2)cs1. The van der Waals surface area contributed by atoms with Gasteiger partial charge in [-0.15, -0.1) is 11.3 Å². The minimum atomic E-state index is 0.0904. The number of nitrogens with two attached hydrogens (primary N) is 1. The van der Waals surface area contributed by atoms with Crippen molar-refractivity contribution >= 4 is 27.3 Å². The molecule has 0 aromatic carbocycles. The average Bonchev–Trinajstić information content (AvgIpc) is 2.63. The molecule has 0 aliphatic rings. The van der Waals surface area contributed by atoms with Crippen LogP contribution in [0.15, 0.2) is 28.3 Å². The molecule has 1 atom stereocenters. The van der Waals surface area contributed by atoms with Crippen LogP contribution in [-0.4, -0.2) is 16.0 Å². The van der Waals surface area contributed by atoms with E-state index in [0.29, 0.717) is 0 Å². The number of aromatic nitrogens is 2. The van der Waals surface area contributed by atoms with Gasteiger partial charge in [-0.25, -0.2) is 4.98 Å². The Hall–Kier alpha value is -0.780. The number of hydrogen-bond donors (Lipinski definition) is 1. The molecular formula is C12H14BrN3S. The molecule has 0 aliphatic carbocycles. The number of nitrogens with zero attached hydrogens (tertiary/aromatic N) is 2. The molecule has 2 N–H and O–H groups in total. The van der Waals surface area contributed by atoms with Crippen LogP contribution >= 0.6 is 27.3 Å². The minimum Gasteiger partial charge on any atom is -0.327 e. The molecule has 17 heavy (non-hydrogen) atoms. The number of rotatable bonds is 4. The molecule has 0 fully saturated rings. The first kappa shape index (κ1) is 12.7. The molecule has 2 heterocycles. The lowest BCUT2D eigenvalue weighted by molar-refractivity contribution is 0.654. The first-order valence-corrected chi connectivity index (χ1v) is 7.07. The van der Waals surface area contributed by atoms with E-state index in [1.807, 2.05) is 13.1 Å². The maximum Gasteiger partial charge on any atom is 0.0897 e. The van der Waals surface area contributed by atoms with Crippen molar-refractivity contribution in [3.63, 3.8) is 0 Å². The van der Waals surface area contributed by atoms with E-state index in [1.165, 1.54) is 0 Å². The van der Waals surface area contributed by atoms with Gasteiger partial charge >= 0.3 is 0 Å². The predicted molar refractivity (Wildman–Crippen MR) is 74.2 cm³/mol. The van der Waals surface area contributed by atoms with Crippen molar-refractivity contribution in [2.45, 2.75) is 25.8 Å². The Bertz CT molecular complexity index is 498. The smallest absolute Gasteiger partial charge is 0.0897 e. The molecule has 0 saturated heterocycles. The van der Waals surface area contributed by atoms with E-state index in [1.54, 1.807) is 17.5 Å². The highest BCUT2D eigenvalue weighted by Gasteiger charge is 2.08. The number of halogens is 1. The number of thiazole rings is 1. The first-order chi connectivity index (χ1) is 8.13. The summed E-state index contributed by atoms with van der Waals surface area (Å²) in [4.78, 5) is 8.56. The van der Waals surface area contributed by atoms with Gasteiger partial charge in [-0.05, 0) is 40.9 Å². The topological polar surface area (TPSA) is 51.8 Å². The van der Waals surface area contributed by atoms with Gasteiger partial charge in [0.1, 0.15) is 0 Å². The lowest BCUT2D eigenvalue weighted by atomic mass is 10.0. The second-order valence-electron chi connectivity index (χ2n) is 4.04. The van der Waals surface area contributed by atoms with Gasteiger partial charge in [0, 0.05) is 34.7 Å². The van der Waals surface area contributed by atoms with Crippen LogP contribution in [0.3, 0.4) is 0 Å². The van der Waals surface area contributed by atoms with E-state index in [9.17, 15) is 0 Å². The van der Waals surface area contributed by atoms with Crippen LogP contribution in [0.1, 0.15) is 16.3 Å². The van der Waals surface area contributed by atoms with Crippen LogP contribution in [-0.2, 0) is 12.8 Å². The highest BCUT2D eigenvalue weighted by atomic mass is 79.9. The zero-order valence-electron chi connectivity index (χ0n) is 9.56. The monoisotopic (exact) mass is 311 g/mol. The van der Waals surface area contributed by atoms with Crippen molar-refractivity contribution in [1.82, 2.24) is 9.97 Å². The maximum absolute atomic E-state index is 6.12. The average molecular weight is 312 g/mol. The molecule has 0 spiro atoms. The Balaban J connectivity index is 1.95. The van der Waals surface area contributed by atoms with Crippen molar-refractivity contribution in [2.75, 3.05) is 0 Å². The Morgan fingerprint density at radius 1 is 1.41 bits per heavy atom. The molecular weight excluding hydrogens is 298 g/mol. The second kappa shape index (κ2) is 5.71. The summed E-state index contributed by atoms with van der Waals surface area (Å²) < 4.78 is 0.992. The minimum absolute atomic E-state index is 0.0904. The first-order valence-electron chi connectivity index (χ1n) is 5.39. The van der Waals surface area contributed by atoms with E-state index in [4.69, 9.17) is 5.73 Å². The zero-order valence-corrected chi connectivity index (χ0v) is 12.0. The van der Waals surface area contributed by atoms with Crippen molar-refractivity contribution in [3.8, 4) is 0 Å². The molecule has 0 aliphatic heterocycles. The fourth-order valence-corrected chi connectivity index (χ4v) is 2.75. The quantitative estimate of drug-likeness (QED) is 0.944. The number of pyridine rings is 1. The van der Waals surface area contributed by atoms with Gasteiger partial charge in [0.15, 0.2) is 0 Å². The van der Waals surface area contributed by atoms with Crippen LogP contribution in [0.2, 0.25) is 0 Å². The number of hydrogen-bond acceptors (Lipinski definition) is 4. The van der Waals surface area contributed by atoms with E-state index >= 15 is 0 Å². The Labute approximate surface area is 113 Å². The summed E-state index contributed by atoms with van der Waals surface area (Å²) in [6.45, 7) is 2.01. The third kappa shape index (κ3) is 3.87. The Kier molecular flexibility index (Phi) is 4.25. The van der Waals surface area contributed by atoms with E-state index in [2.05, 4.69) is 37.3 Å². The van der Waals surface area contributed by atoms with Crippen LogP contribution in [0.4, 0.5) is 0 Å². The molecule has 3 nitrogen and oxygen atoms in total. The lowest BCUT2D eigenvalue weighted by Gasteiger charge is -2.09. The molecule has 2 aromatic heterocycles. The third-order valence-electron chi connectivity index (χ3n) is 2.40. The van der Waals surface area contributed by atoms with Gasteiger partial charge in [0.2, 0.25) is 0 Å². The van der Waals surface area contributed by atoms with Crippen LogP contribution in [0.5, 0.6) is 0 Å². The summed E-state index contributed by atoms with van der Waals surface area (Å²) in [6.07, 6.45) is 5.27. The number of aryl methyl sites for hydroxylation is 1. The van der Waals surface area contributed by atoms with Crippen LogP contribution < -0.4 is 5.73 Å². The van der Waals surface area contributed by atoms with Gasteiger partial charge in [-0.1, -0.05) is 0 Å². The highest BCUT2D eigenvalue weighted by Crippen LogP contribution is 2.13. The van der Waals surface area contributed by atoms with Crippen molar-refractivity contribution in [1.29, 1.82) is 0 Å². The molecule has 0 radical (unpaired) electrons. The molecule has 0 amide bonds.